The van der Waals surface area contributed by atoms with Crippen molar-refractivity contribution in [1.29, 1.82) is 5.26 Å². The molecule has 0 unspecified atom stereocenters. The van der Waals surface area contributed by atoms with E-state index in [9.17, 15) is 5.26 Å². The highest BCUT2D eigenvalue weighted by atomic mass is 32.2. The van der Waals surface area contributed by atoms with Crippen LogP contribution in [0.1, 0.15) is 44.6 Å². The number of nitrogens with zero attached hydrogens (tertiary/aromatic N) is 3. The molecular formula is C16H22N4OS. The maximum Gasteiger partial charge on any atom is 0.189 e. The summed E-state index contributed by atoms with van der Waals surface area (Å²) in [6.45, 7) is 2.83. The highest BCUT2D eigenvalue weighted by Gasteiger charge is 2.56. The summed E-state index contributed by atoms with van der Waals surface area (Å²) in [5.74, 6) is 0.674. The minimum Gasteiger partial charge on any atom is -0.378 e. The number of aromatic nitrogens is 2. The van der Waals surface area contributed by atoms with E-state index in [0.29, 0.717) is 28.7 Å². The summed E-state index contributed by atoms with van der Waals surface area (Å²) >= 11 is 1.49. The number of nitrogens with one attached hydrogen (secondary N) is 1. The van der Waals surface area contributed by atoms with Crippen LogP contribution in [0.25, 0.3) is 0 Å². The van der Waals surface area contributed by atoms with E-state index in [-0.39, 0.29) is 5.41 Å². The molecule has 3 rings (SSSR count). The van der Waals surface area contributed by atoms with E-state index in [1.54, 1.807) is 6.20 Å². The first-order valence-corrected chi connectivity index (χ1v) is 9.15. The van der Waals surface area contributed by atoms with Gasteiger partial charge in [0, 0.05) is 18.1 Å². The lowest BCUT2D eigenvalue weighted by Gasteiger charge is -2.54. The largest absolute Gasteiger partial charge is 0.378 e. The van der Waals surface area contributed by atoms with E-state index in [1.165, 1.54) is 37.4 Å². The number of hydrogen-bond donors (Lipinski definition) is 1. The lowest BCUT2D eigenvalue weighted by Crippen LogP contribution is -2.60. The molecule has 118 valence electrons. The van der Waals surface area contributed by atoms with Gasteiger partial charge in [0.2, 0.25) is 0 Å². The first kappa shape index (κ1) is 15.6. The van der Waals surface area contributed by atoms with E-state index < -0.39 is 0 Å². The molecule has 2 fully saturated rings. The lowest BCUT2D eigenvalue weighted by atomic mass is 9.60. The fraction of sp³-hybridized carbons (Fsp3) is 0.688. The summed E-state index contributed by atoms with van der Waals surface area (Å²) in [5, 5.41) is 13.5. The van der Waals surface area contributed by atoms with Crippen LogP contribution >= 0.6 is 11.8 Å². The molecule has 1 N–H and O–H groups in total. The molecule has 0 amide bonds. The van der Waals surface area contributed by atoms with Gasteiger partial charge in [0.05, 0.1) is 12.3 Å². The Labute approximate surface area is 135 Å². The zero-order valence-electron chi connectivity index (χ0n) is 13.1. The minimum absolute atomic E-state index is 0.229. The van der Waals surface area contributed by atoms with E-state index >= 15 is 0 Å². The van der Waals surface area contributed by atoms with Crippen LogP contribution in [0.2, 0.25) is 0 Å². The van der Waals surface area contributed by atoms with Gasteiger partial charge in [0.25, 0.3) is 0 Å². The maximum absolute atomic E-state index is 9.28. The molecule has 0 saturated heterocycles. The summed E-state index contributed by atoms with van der Waals surface area (Å²) in [5.41, 5.74) is 0.749. The summed E-state index contributed by atoms with van der Waals surface area (Å²) in [4.78, 5) is 8.66. The molecule has 0 radical (unpaired) electrons. The molecule has 22 heavy (non-hydrogen) atoms. The Kier molecular flexibility index (Phi) is 4.55. The van der Waals surface area contributed by atoms with Crippen molar-refractivity contribution < 1.29 is 4.74 Å². The summed E-state index contributed by atoms with van der Waals surface area (Å²) < 4.78 is 5.94. The maximum atomic E-state index is 9.28. The smallest absolute Gasteiger partial charge is 0.189 e. The van der Waals surface area contributed by atoms with Gasteiger partial charge in [-0.05, 0) is 32.4 Å². The molecule has 0 aromatic carbocycles. The number of rotatable bonds is 5. The molecule has 2 aliphatic rings. The van der Waals surface area contributed by atoms with Gasteiger partial charge in [-0.25, -0.2) is 9.97 Å². The van der Waals surface area contributed by atoms with Crippen molar-refractivity contribution in [3.05, 3.63) is 11.8 Å². The molecule has 2 saturated carbocycles. The van der Waals surface area contributed by atoms with Crippen molar-refractivity contribution in [2.75, 3.05) is 18.2 Å². The van der Waals surface area contributed by atoms with Crippen LogP contribution in [0.15, 0.2) is 11.4 Å². The lowest BCUT2D eigenvalue weighted by molar-refractivity contribution is -0.114. The first-order valence-electron chi connectivity index (χ1n) is 7.92. The third-order valence-electron chi connectivity index (χ3n) is 5.07. The van der Waals surface area contributed by atoms with Crippen LogP contribution in [0.3, 0.4) is 0 Å². The monoisotopic (exact) mass is 318 g/mol. The highest BCUT2D eigenvalue weighted by Crippen LogP contribution is 2.55. The Bertz CT molecular complexity index is 580. The topological polar surface area (TPSA) is 70.8 Å². The third kappa shape index (κ3) is 2.57. The van der Waals surface area contributed by atoms with Gasteiger partial charge in [-0.3, -0.25) is 0 Å². The molecule has 1 aromatic heterocycles. The molecule has 0 aliphatic heterocycles. The number of hydrogen-bond acceptors (Lipinski definition) is 6. The molecule has 5 nitrogen and oxygen atoms in total. The van der Waals surface area contributed by atoms with Crippen molar-refractivity contribution in [1.82, 2.24) is 9.97 Å². The summed E-state index contributed by atoms with van der Waals surface area (Å²) in [6.07, 6.45) is 9.86. The van der Waals surface area contributed by atoms with E-state index in [1.807, 2.05) is 6.26 Å². The standard InChI is InChI=1S/C16H22N4OS/c1-3-21-13-8-12(16(13)6-4-5-7-16)19-14-11(9-17)10-18-15(20-14)22-2/h10,12-13H,3-8H2,1-2H3,(H,18,19,20)/t12-,13-/m0/s1. The van der Waals surface area contributed by atoms with Crippen molar-refractivity contribution in [3.63, 3.8) is 0 Å². The first-order chi connectivity index (χ1) is 10.7. The van der Waals surface area contributed by atoms with Crippen molar-refractivity contribution in [2.45, 2.75) is 56.3 Å². The Morgan fingerprint density at radius 3 is 2.91 bits per heavy atom. The van der Waals surface area contributed by atoms with Crippen LogP contribution in [-0.4, -0.2) is 35.0 Å². The second-order valence-corrected chi connectivity index (χ2v) is 6.82. The van der Waals surface area contributed by atoms with Crippen molar-refractivity contribution >= 4 is 17.6 Å². The Morgan fingerprint density at radius 2 is 2.27 bits per heavy atom. The van der Waals surface area contributed by atoms with Gasteiger partial charge < -0.3 is 10.1 Å². The summed E-state index contributed by atoms with van der Waals surface area (Å²) in [6, 6.07) is 2.54. The number of anilines is 1. The molecular weight excluding hydrogens is 296 g/mol. The van der Waals surface area contributed by atoms with Crippen molar-refractivity contribution in [3.8, 4) is 6.07 Å². The molecule has 0 bridgehead atoms. The van der Waals surface area contributed by atoms with Gasteiger partial charge >= 0.3 is 0 Å². The molecule has 1 spiro atoms. The van der Waals surface area contributed by atoms with E-state index in [0.717, 1.165) is 13.0 Å². The Hall–Kier alpha value is -1.32. The average molecular weight is 318 g/mol. The van der Waals surface area contributed by atoms with Gasteiger partial charge in [-0.2, -0.15) is 5.26 Å². The number of nitriles is 1. The zero-order valence-corrected chi connectivity index (χ0v) is 13.9. The van der Waals surface area contributed by atoms with Crippen LogP contribution in [0.5, 0.6) is 0 Å². The second-order valence-electron chi connectivity index (χ2n) is 6.05. The molecule has 1 heterocycles. The van der Waals surface area contributed by atoms with Crippen LogP contribution in [0, 0.1) is 16.7 Å². The molecule has 2 aliphatic carbocycles. The fourth-order valence-corrected chi connectivity index (χ4v) is 4.25. The Morgan fingerprint density at radius 1 is 1.50 bits per heavy atom. The predicted octanol–water partition coefficient (Wildman–Crippen LogP) is 3.22. The van der Waals surface area contributed by atoms with Crippen molar-refractivity contribution in [2.24, 2.45) is 5.41 Å². The van der Waals surface area contributed by atoms with E-state index in [4.69, 9.17) is 4.74 Å². The predicted molar refractivity (Wildman–Crippen MR) is 86.9 cm³/mol. The van der Waals surface area contributed by atoms with Gasteiger partial charge in [-0.15, -0.1) is 0 Å². The number of thioether (sulfide) groups is 1. The van der Waals surface area contributed by atoms with Gasteiger partial charge in [0.15, 0.2) is 5.16 Å². The van der Waals surface area contributed by atoms with Gasteiger partial charge in [0.1, 0.15) is 17.5 Å². The van der Waals surface area contributed by atoms with Crippen LogP contribution in [0.4, 0.5) is 5.82 Å². The third-order valence-corrected chi connectivity index (χ3v) is 5.63. The second kappa shape index (κ2) is 6.43. The summed E-state index contributed by atoms with van der Waals surface area (Å²) in [7, 11) is 0. The fourth-order valence-electron chi connectivity index (χ4n) is 3.91. The quantitative estimate of drug-likeness (QED) is 0.664. The molecule has 6 heteroatoms. The SMILES string of the molecule is CCO[C@H]1C[C@H](Nc2nc(SC)ncc2C#N)C12CCCC2. The minimum atomic E-state index is 0.229. The Balaban J connectivity index is 1.80. The van der Waals surface area contributed by atoms with Gasteiger partial charge in [-0.1, -0.05) is 24.6 Å². The van der Waals surface area contributed by atoms with E-state index in [2.05, 4.69) is 28.3 Å². The van der Waals surface area contributed by atoms with Crippen LogP contribution in [-0.2, 0) is 4.74 Å². The average Bonchev–Trinajstić information content (AvgIpc) is 3.06. The van der Waals surface area contributed by atoms with Crippen LogP contribution < -0.4 is 5.32 Å². The highest BCUT2D eigenvalue weighted by molar-refractivity contribution is 7.98. The zero-order chi connectivity index (χ0) is 15.6. The molecule has 2 atom stereocenters. The molecule has 1 aromatic rings. The number of ether oxygens (including phenoxy) is 1. The normalized spacial score (nSPS) is 25.7.